The summed E-state index contributed by atoms with van der Waals surface area (Å²) in [5, 5.41) is 0.346. The van der Waals surface area contributed by atoms with Crippen LogP contribution in [0.2, 0.25) is 0 Å². The number of hydrogen-bond acceptors (Lipinski definition) is 0. The summed E-state index contributed by atoms with van der Waals surface area (Å²) in [5.41, 5.74) is 0. The van der Waals surface area contributed by atoms with Gasteiger partial charge in [0.25, 0.3) is 0 Å². The van der Waals surface area contributed by atoms with Crippen molar-refractivity contribution in [3.8, 4) is 0 Å². The van der Waals surface area contributed by atoms with Crippen LogP contribution in [0.3, 0.4) is 0 Å². The van der Waals surface area contributed by atoms with E-state index in [1.54, 1.807) is 0 Å². The van der Waals surface area contributed by atoms with E-state index in [1.165, 1.54) is 12.8 Å². The van der Waals surface area contributed by atoms with Gasteiger partial charge in [0.15, 0.2) is 0 Å². The Morgan fingerprint density at radius 1 is 0.760 bits per heavy atom. The van der Waals surface area contributed by atoms with Crippen molar-refractivity contribution in [2.75, 3.05) is 0 Å². The van der Waals surface area contributed by atoms with Crippen LogP contribution in [0.25, 0.3) is 0 Å². The third kappa shape index (κ3) is 5.11. The zero-order valence-electron chi connectivity index (χ0n) is 15.9. The third-order valence-electron chi connectivity index (χ3n) is 7.71. The lowest BCUT2D eigenvalue weighted by molar-refractivity contribution is 0.0141. The summed E-state index contributed by atoms with van der Waals surface area (Å²) in [7, 11) is 0. The minimum Gasteiger partial charge on any atom is -0.247 e. The van der Waals surface area contributed by atoms with E-state index < -0.39 is 12.3 Å². The maximum atomic E-state index is 15.0. The fourth-order valence-corrected chi connectivity index (χ4v) is 6.32. The van der Waals surface area contributed by atoms with Gasteiger partial charge >= 0.3 is 0 Å². The van der Waals surface area contributed by atoms with Crippen LogP contribution in [-0.4, -0.2) is 17.7 Å². The summed E-state index contributed by atoms with van der Waals surface area (Å²) >= 11 is 6.22. The van der Waals surface area contributed by atoms with Gasteiger partial charge in [0.1, 0.15) is 12.3 Å². The van der Waals surface area contributed by atoms with Crippen molar-refractivity contribution < 1.29 is 8.78 Å². The second kappa shape index (κ2) is 9.38. The second-order valence-electron chi connectivity index (χ2n) is 9.26. The highest BCUT2D eigenvalue weighted by Crippen LogP contribution is 2.47. The number of unbranched alkanes of at least 4 members (excludes halogenated alkanes) is 1. The zero-order valence-corrected chi connectivity index (χ0v) is 16.7. The minimum absolute atomic E-state index is 0.131. The van der Waals surface area contributed by atoms with Crippen LogP contribution in [0, 0.1) is 29.6 Å². The van der Waals surface area contributed by atoms with Gasteiger partial charge in [-0.15, -0.1) is 11.6 Å². The monoisotopic (exact) mass is 374 g/mol. The summed E-state index contributed by atoms with van der Waals surface area (Å²) in [6.07, 6.45) is 12.1. The van der Waals surface area contributed by atoms with Crippen LogP contribution in [0.1, 0.15) is 90.4 Å². The van der Waals surface area contributed by atoms with Crippen LogP contribution < -0.4 is 0 Å². The molecule has 0 nitrogen and oxygen atoms in total. The molecule has 0 spiro atoms. The molecule has 0 N–H and O–H groups in total. The lowest BCUT2D eigenvalue weighted by atomic mass is 9.64. The van der Waals surface area contributed by atoms with Gasteiger partial charge in [-0.05, 0) is 100 Å². The van der Waals surface area contributed by atoms with Crippen molar-refractivity contribution in [1.82, 2.24) is 0 Å². The molecular formula is C22H37ClF2. The van der Waals surface area contributed by atoms with E-state index >= 15 is 0 Å². The van der Waals surface area contributed by atoms with Crippen molar-refractivity contribution in [2.45, 2.75) is 108 Å². The molecule has 0 radical (unpaired) electrons. The summed E-state index contributed by atoms with van der Waals surface area (Å²) in [4.78, 5) is 0. The molecule has 0 bridgehead atoms. The molecule has 3 heteroatoms. The predicted molar refractivity (Wildman–Crippen MR) is 103 cm³/mol. The molecular weight excluding hydrogens is 338 g/mol. The van der Waals surface area contributed by atoms with Gasteiger partial charge in [-0.25, -0.2) is 8.78 Å². The Balaban J connectivity index is 1.47. The van der Waals surface area contributed by atoms with Gasteiger partial charge < -0.3 is 0 Å². The Kier molecular flexibility index (Phi) is 7.46. The number of alkyl halides is 3. The number of hydrogen-bond donors (Lipinski definition) is 0. The highest BCUT2D eigenvalue weighted by atomic mass is 35.5. The zero-order chi connectivity index (χ0) is 17.8. The lowest BCUT2D eigenvalue weighted by Gasteiger charge is -2.43. The van der Waals surface area contributed by atoms with E-state index in [0.29, 0.717) is 29.6 Å². The maximum absolute atomic E-state index is 15.0. The molecule has 0 aromatic rings. The largest absolute Gasteiger partial charge is 0.247 e. The Labute approximate surface area is 158 Å². The summed E-state index contributed by atoms with van der Waals surface area (Å²) < 4.78 is 29.6. The van der Waals surface area contributed by atoms with E-state index in [9.17, 15) is 8.78 Å². The van der Waals surface area contributed by atoms with Crippen LogP contribution in [0.4, 0.5) is 8.78 Å². The fraction of sp³-hybridized carbons (Fsp3) is 1.00. The molecule has 25 heavy (non-hydrogen) atoms. The number of halogens is 3. The smallest absolute Gasteiger partial charge is 0.103 e. The average molecular weight is 375 g/mol. The van der Waals surface area contributed by atoms with Crippen LogP contribution in [-0.2, 0) is 0 Å². The molecule has 6 atom stereocenters. The van der Waals surface area contributed by atoms with E-state index in [4.69, 9.17) is 11.6 Å². The molecule has 0 aromatic heterocycles. The van der Waals surface area contributed by atoms with E-state index in [0.717, 1.165) is 64.2 Å². The van der Waals surface area contributed by atoms with Crippen LogP contribution in [0.15, 0.2) is 0 Å². The van der Waals surface area contributed by atoms with Crippen LogP contribution >= 0.6 is 11.6 Å². The van der Waals surface area contributed by atoms with E-state index in [2.05, 4.69) is 6.92 Å². The first-order chi connectivity index (χ1) is 12.1. The van der Waals surface area contributed by atoms with E-state index in [-0.39, 0.29) is 11.8 Å². The molecule has 3 aliphatic rings. The molecule has 3 rings (SSSR count). The number of rotatable bonds is 5. The topological polar surface area (TPSA) is 0 Å². The molecule has 0 heterocycles. The molecule has 0 aromatic carbocycles. The fourth-order valence-electron chi connectivity index (χ4n) is 6.07. The van der Waals surface area contributed by atoms with Gasteiger partial charge in [-0.2, -0.15) is 0 Å². The predicted octanol–water partition coefficient (Wildman–Crippen LogP) is 7.48. The Hall–Kier alpha value is 0.150. The van der Waals surface area contributed by atoms with Crippen LogP contribution in [0.5, 0.6) is 0 Å². The molecule has 3 fully saturated rings. The summed E-state index contributed by atoms with van der Waals surface area (Å²) in [6.45, 7) is 2.17. The van der Waals surface area contributed by atoms with Gasteiger partial charge in [0, 0.05) is 5.38 Å². The molecule has 0 aliphatic heterocycles. The Morgan fingerprint density at radius 2 is 1.40 bits per heavy atom. The van der Waals surface area contributed by atoms with Crippen molar-refractivity contribution in [1.29, 1.82) is 0 Å². The van der Waals surface area contributed by atoms with Crippen molar-refractivity contribution in [3.63, 3.8) is 0 Å². The average Bonchev–Trinajstić information content (AvgIpc) is 2.61. The minimum atomic E-state index is -0.697. The van der Waals surface area contributed by atoms with Crippen molar-refractivity contribution in [2.24, 2.45) is 29.6 Å². The molecule has 146 valence electrons. The lowest BCUT2D eigenvalue weighted by Crippen LogP contribution is -2.39. The maximum Gasteiger partial charge on any atom is 0.103 e. The first-order valence-corrected chi connectivity index (χ1v) is 11.4. The van der Waals surface area contributed by atoms with Gasteiger partial charge in [0.2, 0.25) is 0 Å². The summed E-state index contributed by atoms with van der Waals surface area (Å²) in [6, 6.07) is 0. The molecule has 3 saturated carbocycles. The molecule has 0 amide bonds. The van der Waals surface area contributed by atoms with Crippen molar-refractivity contribution >= 4 is 11.6 Å². The quantitative estimate of drug-likeness (QED) is 0.437. The van der Waals surface area contributed by atoms with Crippen molar-refractivity contribution in [3.05, 3.63) is 0 Å². The van der Waals surface area contributed by atoms with Gasteiger partial charge in [-0.1, -0.05) is 19.8 Å². The third-order valence-corrected chi connectivity index (χ3v) is 8.15. The first kappa shape index (κ1) is 19.9. The highest BCUT2D eigenvalue weighted by Gasteiger charge is 2.42. The second-order valence-corrected chi connectivity index (χ2v) is 9.87. The molecule has 6 unspecified atom stereocenters. The molecule has 3 aliphatic carbocycles. The Morgan fingerprint density at radius 3 is 2.04 bits per heavy atom. The Bertz CT molecular complexity index is 393. The van der Waals surface area contributed by atoms with Gasteiger partial charge in [-0.3, -0.25) is 0 Å². The van der Waals surface area contributed by atoms with E-state index in [1.807, 2.05) is 0 Å². The normalized spacial score (nSPS) is 46.1. The molecule has 0 saturated heterocycles. The standard InChI is InChI=1S/C22H37ClF2/c1-2-3-4-16-5-6-18(14-21(16)24)20-12-9-17(13-22(20)25)15-7-10-19(23)11-8-15/h15-22H,2-14H2,1H3. The highest BCUT2D eigenvalue weighted by molar-refractivity contribution is 6.20. The SMILES string of the molecule is CCCCC1CCC(C2CCC(C3CCC(Cl)CC3)CC2F)CC1F. The summed E-state index contributed by atoms with van der Waals surface area (Å²) in [5.74, 6) is 1.91. The van der Waals surface area contributed by atoms with Gasteiger partial charge in [0.05, 0.1) is 0 Å². The first-order valence-electron chi connectivity index (χ1n) is 11.0.